The van der Waals surface area contributed by atoms with Crippen LogP contribution in [0.15, 0.2) is 94.9 Å². The molecule has 0 aliphatic heterocycles. The zero-order chi connectivity index (χ0) is 18.6. The number of hydrogen-bond acceptors (Lipinski definition) is 2. The summed E-state index contributed by atoms with van der Waals surface area (Å²) in [6, 6.07) is 20.3. The lowest BCUT2D eigenvalue weighted by atomic mass is 10.2. The van der Waals surface area contributed by atoms with Crippen LogP contribution in [0.1, 0.15) is 31.4 Å². The van der Waals surface area contributed by atoms with Crippen molar-refractivity contribution in [1.82, 2.24) is 0 Å². The number of allylic oxidation sites excluding steroid dienone is 5. The van der Waals surface area contributed by atoms with Crippen LogP contribution in [0, 0.1) is 0 Å². The quantitative estimate of drug-likeness (QED) is 0.329. The molecule has 0 N–H and O–H groups in total. The summed E-state index contributed by atoms with van der Waals surface area (Å²) >= 11 is 3.61. The second kappa shape index (κ2) is 11.4. The van der Waals surface area contributed by atoms with Crippen molar-refractivity contribution >= 4 is 15.9 Å². The Labute approximate surface area is 165 Å². The molecule has 0 radical (unpaired) electrons. The van der Waals surface area contributed by atoms with Crippen molar-refractivity contribution in [3.05, 3.63) is 106 Å². The lowest BCUT2D eigenvalue weighted by molar-refractivity contribution is 0.200. The molecule has 0 spiro atoms. The Morgan fingerprint density at radius 3 is 1.92 bits per heavy atom. The van der Waals surface area contributed by atoms with Gasteiger partial charge < -0.3 is 9.47 Å². The van der Waals surface area contributed by atoms with E-state index in [-0.39, 0.29) is 0 Å². The first-order valence-corrected chi connectivity index (χ1v) is 9.56. The van der Waals surface area contributed by atoms with Crippen LogP contribution in [-0.2, 0) is 22.7 Å². The van der Waals surface area contributed by atoms with Gasteiger partial charge in [0.25, 0.3) is 0 Å². The molecule has 0 aromatic heterocycles. The van der Waals surface area contributed by atoms with Crippen molar-refractivity contribution < 1.29 is 9.47 Å². The molecule has 3 heteroatoms. The maximum atomic E-state index is 5.97. The van der Waals surface area contributed by atoms with Crippen molar-refractivity contribution in [3.63, 3.8) is 0 Å². The molecule has 2 rings (SSSR count). The lowest BCUT2D eigenvalue weighted by Crippen LogP contribution is -1.94. The third-order valence-electron chi connectivity index (χ3n) is 3.64. The Balaban J connectivity index is 1.93. The molecule has 136 valence electrons. The number of benzene rings is 2. The van der Waals surface area contributed by atoms with Crippen LogP contribution < -0.4 is 0 Å². The molecule has 0 heterocycles. The molecular formula is C23H25BrO2. The van der Waals surface area contributed by atoms with Gasteiger partial charge in [0, 0.05) is 0 Å². The zero-order valence-electron chi connectivity index (χ0n) is 15.3. The van der Waals surface area contributed by atoms with E-state index in [1.165, 1.54) is 0 Å². The van der Waals surface area contributed by atoms with E-state index >= 15 is 0 Å². The van der Waals surface area contributed by atoms with Crippen LogP contribution in [0.5, 0.6) is 0 Å². The molecule has 0 unspecified atom stereocenters. The molecule has 26 heavy (non-hydrogen) atoms. The average molecular weight is 413 g/mol. The Kier molecular flexibility index (Phi) is 8.77. The summed E-state index contributed by atoms with van der Waals surface area (Å²) in [5.41, 5.74) is 2.30. The number of halogens is 1. The maximum absolute atomic E-state index is 5.97. The van der Waals surface area contributed by atoms with E-state index in [1.54, 1.807) is 0 Å². The monoisotopic (exact) mass is 412 g/mol. The molecule has 0 aliphatic carbocycles. The fraction of sp³-hybridized carbons (Fsp3) is 0.217. The standard InChI is InChI=1S/C23H25BrO2/c1-3-10-23(26-18-21-13-8-5-9-14-21)22(24)16-15-19(2)25-17-20-11-6-4-7-12-20/h4-16H,3,17-18H2,1-2H3/b19-15+,22-16+,23-10-. The van der Waals surface area contributed by atoms with E-state index in [9.17, 15) is 0 Å². The summed E-state index contributed by atoms with van der Waals surface area (Å²) in [4.78, 5) is 0. The minimum atomic E-state index is 0.544. The summed E-state index contributed by atoms with van der Waals surface area (Å²) in [7, 11) is 0. The predicted molar refractivity (Wildman–Crippen MR) is 112 cm³/mol. The molecule has 0 bridgehead atoms. The lowest BCUT2D eigenvalue weighted by Gasteiger charge is -2.10. The van der Waals surface area contributed by atoms with Gasteiger partial charge in [-0.05, 0) is 58.6 Å². The topological polar surface area (TPSA) is 18.5 Å². The second-order valence-corrected chi connectivity index (χ2v) is 6.67. The molecule has 0 saturated heterocycles. The fourth-order valence-electron chi connectivity index (χ4n) is 2.24. The maximum Gasteiger partial charge on any atom is 0.130 e. The average Bonchev–Trinajstić information content (AvgIpc) is 2.69. The van der Waals surface area contributed by atoms with Crippen molar-refractivity contribution in [2.24, 2.45) is 0 Å². The van der Waals surface area contributed by atoms with Gasteiger partial charge in [0.15, 0.2) is 0 Å². The van der Waals surface area contributed by atoms with Crippen molar-refractivity contribution in [2.45, 2.75) is 33.5 Å². The highest BCUT2D eigenvalue weighted by molar-refractivity contribution is 9.11. The van der Waals surface area contributed by atoms with Gasteiger partial charge in [0.1, 0.15) is 19.0 Å². The molecule has 0 amide bonds. The van der Waals surface area contributed by atoms with Crippen LogP contribution in [0.4, 0.5) is 0 Å². The Hall–Kier alpha value is -2.26. The highest BCUT2D eigenvalue weighted by Gasteiger charge is 2.03. The van der Waals surface area contributed by atoms with E-state index in [4.69, 9.17) is 9.47 Å². The number of ether oxygens (including phenoxy) is 2. The largest absolute Gasteiger partial charge is 0.494 e. The SMILES string of the molecule is CC/C=C(OCc1ccccc1)/C(Br)=C\C=C(/C)OCc1ccccc1. The summed E-state index contributed by atoms with van der Waals surface area (Å²) in [6.07, 6.45) is 6.88. The summed E-state index contributed by atoms with van der Waals surface area (Å²) in [5, 5.41) is 0. The van der Waals surface area contributed by atoms with Gasteiger partial charge in [-0.2, -0.15) is 0 Å². The van der Waals surface area contributed by atoms with Gasteiger partial charge in [-0.1, -0.05) is 67.6 Å². The third kappa shape index (κ3) is 7.32. The van der Waals surface area contributed by atoms with Gasteiger partial charge in [-0.15, -0.1) is 0 Å². The van der Waals surface area contributed by atoms with Gasteiger partial charge >= 0.3 is 0 Å². The van der Waals surface area contributed by atoms with E-state index in [2.05, 4.69) is 53.2 Å². The molecule has 0 saturated carbocycles. The van der Waals surface area contributed by atoms with Gasteiger partial charge in [-0.3, -0.25) is 0 Å². The van der Waals surface area contributed by atoms with Crippen LogP contribution in [-0.4, -0.2) is 0 Å². The van der Waals surface area contributed by atoms with Gasteiger partial charge in [-0.25, -0.2) is 0 Å². The Morgan fingerprint density at radius 2 is 1.38 bits per heavy atom. The van der Waals surface area contributed by atoms with Crippen LogP contribution in [0.25, 0.3) is 0 Å². The highest BCUT2D eigenvalue weighted by atomic mass is 79.9. The van der Waals surface area contributed by atoms with E-state index < -0.39 is 0 Å². The molecule has 0 aliphatic rings. The third-order valence-corrected chi connectivity index (χ3v) is 4.29. The number of hydrogen-bond donors (Lipinski definition) is 0. The fourth-order valence-corrected chi connectivity index (χ4v) is 2.65. The first-order valence-electron chi connectivity index (χ1n) is 8.77. The van der Waals surface area contributed by atoms with Crippen LogP contribution in [0.2, 0.25) is 0 Å². The molecular weight excluding hydrogens is 388 g/mol. The van der Waals surface area contributed by atoms with Crippen LogP contribution >= 0.6 is 15.9 Å². The van der Waals surface area contributed by atoms with Crippen LogP contribution in [0.3, 0.4) is 0 Å². The molecule has 2 nitrogen and oxygen atoms in total. The summed E-state index contributed by atoms with van der Waals surface area (Å²) in [6.45, 7) is 5.16. The minimum absolute atomic E-state index is 0.544. The van der Waals surface area contributed by atoms with Crippen molar-refractivity contribution in [3.8, 4) is 0 Å². The first-order chi connectivity index (χ1) is 12.7. The number of rotatable bonds is 9. The first kappa shape index (κ1) is 20.1. The molecule has 2 aromatic carbocycles. The molecule has 0 atom stereocenters. The molecule has 0 fully saturated rings. The normalized spacial score (nSPS) is 12.8. The Morgan fingerprint density at radius 1 is 0.846 bits per heavy atom. The van der Waals surface area contributed by atoms with E-state index in [0.29, 0.717) is 13.2 Å². The second-order valence-electron chi connectivity index (χ2n) is 5.82. The van der Waals surface area contributed by atoms with Crippen molar-refractivity contribution in [1.29, 1.82) is 0 Å². The van der Waals surface area contributed by atoms with Crippen molar-refractivity contribution in [2.75, 3.05) is 0 Å². The minimum Gasteiger partial charge on any atom is -0.494 e. The summed E-state index contributed by atoms with van der Waals surface area (Å²) < 4.78 is 12.7. The van der Waals surface area contributed by atoms with Gasteiger partial charge in [0.2, 0.25) is 0 Å². The molecule has 2 aromatic rings. The van der Waals surface area contributed by atoms with Gasteiger partial charge in [0.05, 0.1) is 10.2 Å². The Bertz CT molecular complexity index is 746. The zero-order valence-corrected chi connectivity index (χ0v) is 16.9. The highest BCUT2D eigenvalue weighted by Crippen LogP contribution is 2.21. The summed E-state index contributed by atoms with van der Waals surface area (Å²) in [5.74, 6) is 1.69. The van der Waals surface area contributed by atoms with E-state index in [0.717, 1.165) is 33.5 Å². The smallest absolute Gasteiger partial charge is 0.130 e. The predicted octanol–water partition coefficient (Wildman–Crippen LogP) is 6.90. The van der Waals surface area contributed by atoms with E-state index in [1.807, 2.05) is 55.5 Å².